The first-order valence-corrected chi connectivity index (χ1v) is 7.87. The molecule has 0 saturated carbocycles. The predicted octanol–water partition coefficient (Wildman–Crippen LogP) is 2.49. The zero-order chi connectivity index (χ0) is 15.1. The molecule has 112 valence electrons. The van der Waals surface area contributed by atoms with Crippen LogP contribution in [0.4, 0.5) is 5.82 Å². The maximum Gasteiger partial charge on any atom is 0.251 e. The first-order valence-electron chi connectivity index (χ1n) is 7.05. The Labute approximate surface area is 127 Å². The molecule has 0 bridgehead atoms. The number of hydrogen-bond donors (Lipinski definition) is 2. The highest BCUT2D eigenvalue weighted by Gasteiger charge is 2.06. The van der Waals surface area contributed by atoms with Crippen molar-refractivity contribution in [2.75, 3.05) is 11.9 Å². The molecule has 0 amide bonds. The Kier molecular flexibility index (Phi) is 5.74. The summed E-state index contributed by atoms with van der Waals surface area (Å²) in [6.45, 7) is 5.00. The van der Waals surface area contributed by atoms with E-state index in [-0.39, 0.29) is 5.56 Å². The third-order valence-electron chi connectivity index (χ3n) is 2.65. The minimum atomic E-state index is -0.135. The number of rotatable bonds is 7. The minimum Gasteiger partial charge on any atom is -0.369 e. The molecule has 0 spiro atoms. The third-order valence-corrected chi connectivity index (χ3v) is 3.44. The molecule has 0 aliphatic carbocycles. The second-order valence-electron chi connectivity index (χ2n) is 4.56. The van der Waals surface area contributed by atoms with Crippen molar-refractivity contribution in [3.63, 3.8) is 0 Å². The Morgan fingerprint density at radius 2 is 2.10 bits per heavy atom. The molecule has 7 heteroatoms. The van der Waals surface area contributed by atoms with Gasteiger partial charge in [-0.1, -0.05) is 20.3 Å². The van der Waals surface area contributed by atoms with Crippen LogP contribution in [0, 0.1) is 0 Å². The smallest absolute Gasteiger partial charge is 0.251 e. The van der Waals surface area contributed by atoms with Gasteiger partial charge in [0.25, 0.3) is 5.56 Å². The Morgan fingerprint density at radius 3 is 2.86 bits per heavy atom. The summed E-state index contributed by atoms with van der Waals surface area (Å²) in [7, 11) is 0. The molecule has 2 aromatic rings. The molecule has 0 aliphatic rings. The molecule has 2 rings (SSSR count). The summed E-state index contributed by atoms with van der Waals surface area (Å²) in [6, 6.07) is 1.54. The van der Waals surface area contributed by atoms with Gasteiger partial charge in [0.2, 0.25) is 0 Å². The van der Waals surface area contributed by atoms with E-state index < -0.39 is 0 Å². The number of H-pyrrole nitrogens is 1. The number of aromatic nitrogens is 4. The molecule has 0 aromatic carbocycles. The second-order valence-corrected chi connectivity index (χ2v) is 5.57. The Balaban J connectivity index is 2.15. The third kappa shape index (κ3) is 4.86. The van der Waals surface area contributed by atoms with Crippen LogP contribution >= 0.6 is 11.8 Å². The monoisotopic (exact) mass is 305 g/mol. The number of nitrogens with zero attached hydrogens (tertiary/aromatic N) is 3. The molecule has 0 atom stereocenters. The Morgan fingerprint density at radius 1 is 1.24 bits per heavy atom. The van der Waals surface area contributed by atoms with Gasteiger partial charge >= 0.3 is 0 Å². The van der Waals surface area contributed by atoms with E-state index in [9.17, 15) is 4.79 Å². The van der Waals surface area contributed by atoms with Crippen LogP contribution in [0.2, 0.25) is 0 Å². The largest absolute Gasteiger partial charge is 0.369 e. The second kappa shape index (κ2) is 7.78. The highest BCUT2D eigenvalue weighted by atomic mass is 32.2. The van der Waals surface area contributed by atoms with Crippen molar-refractivity contribution >= 4 is 17.6 Å². The molecule has 0 saturated heterocycles. The van der Waals surface area contributed by atoms with Crippen LogP contribution < -0.4 is 10.9 Å². The fourth-order valence-corrected chi connectivity index (χ4v) is 2.52. The van der Waals surface area contributed by atoms with E-state index in [1.54, 1.807) is 18.5 Å². The van der Waals surface area contributed by atoms with Crippen LogP contribution in [0.1, 0.15) is 32.4 Å². The van der Waals surface area contributed by atoms with Crippen LogP contribution in [0.5, 0.6) is 0 Å². The maximum atomic E-state index is 11.6. The van der Waals surface area contributed by atoms with E-state index in [2.05, 4.69) is 39.1 Å². The molecule has 0 fully saturated rings. The van der Waals surface area contributed by atoms with Gasteiger partial charge in [-0.15, -0.1) is 0 Å². The van der Waals surface area contributed by atoms with Crippen molar-refractivity contribution in [3.8, 4) is 0 Å². The number of nitrogens with one attached hydrogen (secondary N) is 2. The lowest BCUT2D eigenvalue weighted by Gasteiger charge is -2.05. The van der Waals surface area contributed by atoms with Crippen LogP contribution in [-0.2, 0) is 6.42 Å². The lowest BCUT2D eigenvalue weighted by Crippen LogP contribution is -2.10. The van der Waals surface area contributed by atoms with Gasteiger partial charge < -0.3 is 10.3 Å². The molecule has 6 nitrogen and oxygen atoms in total. The molecular formula is C14H19N5OS. The van der Waals surface area contributed by atoms with Crippen molar-refractivity contribution in [3.05, 3.63) is 34.5 Å². The molecule has 0 unspecified atom stereocenters. The number of hydrogen-bond acceptors (Lipinski definition) is 6. The van der Waals surface area contributed by atoms with E-state index in [4.69, 9.17) is 0 Å². The fraction of sp³-hybridized carbons (Fsp3) is 0.429. The predicted molar refractivity (Wildman–Crippen MR) is 83.8 cm³/mol. The van der Waals surface area contributed by atoms with E-state index in [1.807, 2.05) is 0 Å². The summed E-state index contributed by atoms with van der Waals surface area (Å²) in [5.74, 6) is 0.730. The van der Waals surface area contributed by atoms with E-state index >= 15 is 0 Å². The summed E-state index contributed by atoms with van der Waals surface area (Å²) >= 11 is 1.31. The average molecular weight is 305 g/mol. The normalized spacial score (nSPS) is 10.6. The maximum absolute atomic E-state index is 11.6. The zero-order valence-electron chi connectivity index (χ0n) is 12.2. The lowest BCUT2D eigenvalue weighted by atomic mass is 10.2. The summed E-state index contributed by atoms with van der Waals surface area (Å²) < 4.78 is 0. The first-order chi connectivity index (χ1) is 10.2. The topological polar surface area (TPSA) is 83.6 Å². The zero-order valence-corrected chi connectivity index (χ0v) is 13.0. The molecular weight excluding hydrogens is 286 g/mol. The molecule has 0 radical (unpaired) electrons. The summed E-state index contributed by atoms with van der Waals surface area (Å²) in [5.41, 5.74) is 0.668. The summed E-state index contributed by atoms with van der Waals surface area (Å²) in [5, 5.41) is 4.44. The van der Waals surface area contributed by atoms with Crippen molar-refractivity contribution < 1.29 is 0 Å². The van der Waals surface area contributed by atoms with Gasteiger partial charge in [0.15, 0.2) is 5.16 Å². The van der Waals surface area contributed by atoms with E-state index in [0.717, 1.165) is 37.3 Å². The number of aromatic amines is 1. The summed E-state index contributed by atoms with van der Waals surface area (Å²) in [6.07, 6.45) is 6.11. The van der Waals surface area contributed by atoms with Crippen LogP contribution in [-0.4, -0.2) is 26.5 Å². The highest BCUT2D eigenvalue weighted by molar-refractivity contribution is 7.99. The molecule has 2 aromatic heterocycles. The Hall–Kier alpha value is -1.89. The average Bonchev–Trinajstić information content (AvgIpc) is 2.45. The van der Waals surface area contributed by atoms with Gasteiger partial charge in [-0.2, -0.15) is 0 Å². The highest BCUT2D eigenvalue weighted by Crippen LogP contribution is 2.22. The molecule has 0 aliphatic heterocycles. The number of anilines is 1. The number of aryl methyl sites for hydroxylation is 1. The lowest BCUT2D eigenvalue weighted by molar-refractivity contribution is 0.814. The van der Waals surface area contributed by atoms with Gasteiger partial charge in [0, 0.05) is 18.3 Å². The van der Waals surface area contributed by atoms with Crippen molar-refractivity contribution in [2.24, 2.45) is 0 Å². The minimum absolute atomic E-state index is 0.135. The van der Waals surface area contributed by atoms with Gasteiger partial charge in [-0.3, -0.25) is 9.78 Å². The molecule has 21 heavy (non-hydrogen) atoms. The molecule has 2 N–H and O–H groups in total. The van der Waals surface area contributed by atoms with E-state index in [1.165, 1.54) is 11.8 Å². The SMILES string of the molecule is CCCNc1cncc(Sc2nc(CCC)cc(=O)[nH]2)n1. The van der Waals surface area contributed by atoms with Crippen LogP contribution in [0.15, 0.2) is 33.4 Å². The Bertz CT molecular complexity index is 643. The van der Waals surface area contributed by atoms with Gasteiger partial charge in [-0.05, 0) is 24.6 Å². The quantitative estimate of drug-likeness (QED) is 0.765. The van der Waals surface area contributed by atoms with Crippen molar-refractivity contribution in [1.82, 2.24) is 19.9 Å². The standard InChI is InChI=1S/C14H19N5OS/c1-3-5-10-7-12(20)19-14(17-10)21-13-9-15-8-11(18-13)16-6-4-2/h7-9H,3-6H2,1-2H3,(H,16,18)(H,17,19,20). The van der Waals surface area contributed by atoms with Crippen LogP contribution in [0.3, 0.4) is 0 Å². The fourth-order valence-electron chi connectivity index (χ4n) is 1.75. The van der Waals surface area contributed by atoms with Gasteiger partial charge in [-0.25, -0.2) is 9.97 Å². The first kappa shape index (κ1) is 15.5. The van der Waals surface area contributed by atoms with Crippen molar-refractivity contribution in [2.45, 2.75) is 43.3 Å². The summed E-state index contributed by atoms with van der Waals surface area (Å²) in [4.78, 5) is 27.4. The van der Waals surface area contributed by atoms with Gasteiger partial charge in [0.05, 0.1) is 12.4 Å². The molecule has 2 heterocycles. The van der Waals surface area contributed by atoms with Crippen LogP contribution in [0.25, 0.3) is 0 Å². The van der Waals surface area contributed by atoms with E-state index in [0.29, 0.717) is 10.2 Å². The van der Waals surface area contributed by atoms with Gasteiger partial charge in [0.1, 0.15) is 10.8 Å². The van der Waals surface area contributed by atoms with Crippen molar-refractivity contribution in [1.29, 1.82) is 0 Å².